The number of piperidine rings is 2. The molecule has 0 unspecified atom stereocenters. The minimum atomic E-state index is -3.72. The molecule has 0 saturated carbocycles. The van der Waals surface area contributed by atoms with E-state index >= 15 is 0 Å². The number of aromatic amines is 1. The number of aromatic nitrogens is 8. The van der Waals surface area contributed by atoms with Crippen LogP contribution in [0.15, 0.2) is 88.4 Å². The van der Waals surface area contributed by atoms with Gasteiger partial charge >= 0.3 is 0 Å². The molecule has 2 aromatic carbocycles. The molecule has 0 radical (unpaired) electrons. The van der Waals surface area contributed by atoms with Crippen molar-refractivity contribution >= 4 is 61.4 Å². The molecule has 2 fully saturated rings. The lowest BCUT2D eigenvalue weighted by molar-refractivity contribution is 0.0708. The van der Waals surface area contributed by atoms with Gasteiger partial charge in [0, 0.05) is 94.5 Å². The number of ether oxygens (including phenoxy) is 1. The molecule has 4 aliphatic rings. The zero-order valence-electron chi connectivity index (χ0n) is 44.3. The van der Waals surface area contributed by atoms with Gasteiger partial charge in [0.1, 0.15) is 6.73 Å². The van der Waals surface area contributed by atoms with Crippen LogP contribution in [0.4, 0.5) is 17.3 Å². The number of fused-ring (bicyclic) bond motifs is 2. The minimum Gasteiger partial charge on any atom is -0.398 e. The molecule has 6 aromatic rings. The number of nitrogen functional groups attached to an aromatic ring is 1. The molecule has 23 heteroatoms. The third-order valence-corrected chi connectivity index (χ3v) is 20.1. The van der Waals surface area contributed by atoms with Gasteiger partial charge < -0.3 is 25.6 Å². The van der Waals surface area contributed by atoms with Crippen molar-refractivity contribution in [2.75, 3.05) is 72.0 Å². The van der Waals surface area contributed by atoms with Gasteiger partial charge in [0.2, 0.25) is 10.7 Å². The average Bonchev–Trinajstić information content (AvgIpc) is 4.25. The van der Waals surface area contributed by atoms with Crippen LogP contribution in [0.2, 0.25) is 25.7 Å². The Bertz CT molecular complexity index is 3090. The number of halogens is 1. The first kappa shape index (κ1) is 56.2. The highest BCUT2D eigenvalue weighted by Crippen LogP contribution is 2.39. The monoisotopic (exact) mass is 1140 g/mol. The van der Waals surface area contributed by atoms with E-state index in [9.17, 15) is 16.8 Å². The van der Waals surface area contributed by atoms with Crippen LogP contribution in [-0.2, 0) is 57.2 Å². The topological polar surface area (TPSA) is 227 Å². The Morgan fingerprint density at radius 2 is 1.24 bits per heavy atom. The zero-order chi connectivity index (χ0) is 53.5. The third kappa shape index (κ3) is 13.8. The number of hydrogen-bond donors (Lipinski definition) is 3. The molecule has 0 amide bonds. The molecule has 19 nitrogen and oxygen atoms in total. The average molecular weight is 1150 g/mol. The van der Waals surface area contributed by atoms with Gasteiger partial charge in [-0.25, -0.2) is 26.6 Å². The molecule has 4 N–H and O–H groups in total. The summed E-state index contributed by atoms with van der Waals surface area (Å²) >= 11 is 3.19. The molecule has 75 heavy (non-hydrogen) atoms. The number of rotatable bonds is 15. The van der Waals surface area contributed by atoms with E-state index in [1.165, 1.54) is 48.4 Å². The van der Waals surface area contributed by atoms with E-state index in [0.29, 0.717) is 44.9 Å². The van der Waals surface area contributed by atoms with Gasteiger partial charge in [-0.15, -0.1) is 10.2 Å². The van der Waals surface area contributed by atoms with Crippen molar-refractivity contribution in [1.29, 1.82) is 0 Å². The van der Waals surface area contributed by atoms with Crippen molar-refractivity contribution in [3.05, 3.63) is 100 Å². The molecule has 0 atom stereocenters. The maximum Gasteiger partial charge on any atom is 0.278 e. The summed E-state index contributed by atoms with van der Waals surface area (Å²) in [7, 11) is -0.477. The molecule has 10 rings (SSSR count). The molecular weight excluding hydrogens is 1070 g/mol. The van der Waals surface area contributed by atoms with E-state index in [2.05, 4.69) is 110 Å². The van der Waals surface area contributed by atoms with Crippen LogP contribution < -0.4 is 11.1 Å². The largest absolute Gasteiger partial charge is 0.398 e. The van der Waals surface area contributed by atoms with Gasteiger partial charge in [-0.1, -0.05) is 43.9 Å². The molecular formula is C52H73BrN14O5S2Si. The number of nitrogens with one attached hydrogen (secondary N) is 2. The number of anilines is 3. The van der Waals surface area contributed by atoms with Crippen LogP contribution in [0.5, 0.6) is 0 Å². The first-order valence-electron chi connectivity index (χ1n) is 25.9. The predicted molar refractivity (Wildman–Crippen MR) is 300 cm³/mol. The highest BCUT2D eigenvalue weighted by atomic mass is 79.9. The molecule has 2 aliphatic carbocycles. The summed E-state index contributed by atoms with van der Waals surface area (Å²) in [4.78, 5) is 20.9. The smallest absolute Gasteiger partial charge is 0.278 e. The summed E-state index contributed by atoms with van der Waals surface area (Å²) in [5.41, 5.74) is 17.8. The summed E-state index contributed by atoms with van der Waals surface area (Å²) in [6.07, 6.45) is 17.0. The number of benzene rings is 2. The number of nitrogens with zero attached hydrogens (tertiary/aromatic N) is 11. The third-order valence-electron chi connectivity index (χ3n) is 14.6. The minimum absolute atomic E-state index is 0.0549. The molecule has 0 bridgehead atoms. The molecule has 4 aromatic heterocycles. The normalized spacial score (nSPS) is 16.8. The Kier molecular flexibility index (Phi) is 18.4. The van der Waals surface area contributed by atoms with Crippen molar-refractivity contribution in [1.82, 2.24) is 58.3 Å². The second-order valence-electron chi connectivity index (χ2n) is 21.3. The predicted octanol–water partition coefficient (Wildman–Crippen LogP) is 7.70. The summed E-state index contributed by atoms with van der Waals surface area (Å²) in [6.45, 7) is 9.45. The van der Waals surface area contributed by atoms with E-state index < -0.39 is 28.1 Å². The lowest BCUT2D eigenvalue weighted by Crippen LogP contribution is -2.45. The van der Waals surface area contributed by atoms with E-state index in [-0.39, 0.29) is 27.7 Å². The number of aryl methyl sites for hydroxylation is 2. The van der Waals surface area contributed by atoms with E-state index in [1.54, 1.807) is 12.4 Å². The van der Waals surface area contributed by atoms with E-state index in [1.807, 2.05) is 64.8 Å². The van der Waals surface area contributed by atoms with Gasteiger partial charge in [0.25, 0.3) is 30.4 Å². The van der Waals surface area contributed by atoms with Crippen molar-refractivity contribution in [3.63, 3.8) is 0 Å². The van der Waals surface area contributed by atoms with Gasteiger partial charge in [0.05, 0.1) is 5.69 Å². The molecule has 0 spiro atoms. The maximum absolute atomic E-state index is 13.1. The number of nitrogens with two attached hydrogens (primary N) is 1. The van der Waals surface area contributed by atoms with Crippen LogP contribution in [0.25, 0.3) is 22.3 Å². The Hall–Kier alpha value is -4.98. The highest BCUT2D eigenvalue weighted by Gasteiger charge is 2.35. The quantitative estimate of drug-likeness (QED) is 0.0509. The summed E-state index contributed by atoms with van der Waals surface area (Å²) in [5.74, 6) is 0.257. The van der Waals surface area contributed by atoms with E-state index in [0.717, 1.165) is 91.0 Å². The molecule has 6 heterocycles. The Labute approximate surface area is 452 Å². The Morgan fingerprint density at radius 1 is 0.720 bits per heavy atom. The fraction of sp³-hybridized carbons (Fsp3) is 0.500. The lowest BCUT2D eigenvalue weighted by Gasteiger charge is -2.34. The van der Waals surface area contributed by atoms with Gasteiger partial charge in [0.15, 0.2) is 0 Å². The van der Waals surface area contributed by atoms with Gasteiger partial charge in [-0.3, -0.25) is 9.97 Å². The van der Waals surface area contributed by atoms with E-state index in [4.69, 9.17) is 10.5 Å². The van der Waals surface area contributed by atoms with Crippen molar-refractivity contribution in [2.24, 2.45) is 0 Å². The van der Waals surface area contributed by atoms with Crippen LogP contribution in [0.3, 0.4) is 0 Å². The van der Waals surface area contributed by atoms with Crippen molar-refractivity contribution in [2.45, 2.75) is 119 Å². The second-order valence-corrected chi connectivity index (χ2v) is 31.3. The Balaban J connectivity index is 0.000000158. The SMILES string of the molecule is CN(C)C1CCN(S(=O)(=O)c2nc(Br)nn2COCC[Si](C)(C)C)CC1.CN(C)C1CCN(S(=O)(=O)c2nc(Nc3c(-c4ccncc4)ccc4c3CCC4)n[nH]2)CC1.Nc1c(-c2ccncc2)ccc2c1CCC2. The lowest BCUT2D eigenvalue weighted by atomic mass is 9.98. The fourth-order valence-corrected chi connectivity index (χ4v) is 14.1. The van der Waals surface area contributed by atoms with Gasteiger partial charge in [-0.2, -0.15) is 18.6 Å². The number of H-pyrrole nitrogens is 1. The van der Waals surface area contributed by atoms with Crippen molar-refractivity contribution < 1.29 is 21.6 Å². The Morgan fingerprint density at radius 3 is 1.80 bits per heavy atom. The maximum atomic E-state index is 13.1. The second kappa shape index (κ2) is 24.6. The first-order valence-corrected chi connectivity index (χ1v) is 33.2. The zero-order valence-corrected chi connectivity index (χ0v) is 48.6. The van der Waals surface area contributed by atoms with Crippen molar-refractivity contribution in [3.8, 4) is 22.3 Å². The molecule has 404 valence electrons. The molecule has 2 aliphatic heterocycles. The van der Waals surface area contributed by atoms with Gasteiger partial charge in [-0.05, 0) is 172 Å². The first-order chi connectivity index (χ1) is 35.8. The number of pyridine rings is 2. The summed E-state index contributed by atoms with van der Waals surface area (Å²) < 4.78 is 62.6. The van der Waals surface area contributed by atoms with Crippen LogP contribution in [0.1, 0.15) is 60.8 Å². The fourth-order valence-electron chi connectivity index (χ4n) is 10.1. The standard InChI is InChI=1S/C23H29N7O2S.C15H30BrN5O3SSi.C14H14N2/c1-29(2)18-10-14-30(15-11-18)33(31,32)23-26-22(27-28-23)25-21-19-5-3-4-16(19)6-7-20(21)17-8-12-24-13-9-17;1-19(2)13-6-8-20(9-7-13)25(22,23)15-17-14(16)18-21(15)12-24-10-11-26(3,4)5;15-14-12-3-1-2-10(12)4-5-13(14)11-6-8-16-9-7-11/h6-9,12-13,18H,3-5,10-11,14-15H2,1-2H3,(H2,25,26,27,28);13H,6-12H2,1-5H3;4-9H,1-3,15H2. The van der Waals surface area contributed by atoms with Crippen LogP contribution >= 0.6 is 15.9 Å². The van der Waals surface area contributed by atoms with Crippen LogP contribution in [-0.4, -0.2) is 156 Å². The number of hydrogen-bond acceptors (Lipinski definition) is 15. The van der Waals surface area contributed by atoms with Crippen LogP contribution in [0, 0.1) is 0 Å². The summed E-state index contributed by atoms with van der Waals surface area (Å²) in [5, 5.41) is 14.1. The molecule has 2 saturated heterocycles. The number of sulfonamides is 2. The summed E-state index contributed by atoms with van der Waals surface area (Å²) in [6, 6.07) is 18.4. The highest BCUT2D eigenvalue weighted by molar-refractivity contribution is 9.10.